The van der Waals surface area contributed by atoms with Crippen LogP contribution in [-0.2, 0) is 30.5 Å². The fraction of sp³-hybridized carbons (Fsp3) is 0.438. The molecule has 0 spiro atoms. The average molecular weight is 391 g/mol. The van der Waals surface area contributed by atoms with Gasteiger partial charge in [0.25, 0.3) is 11.8 Å². The molecule has 1 aromatic carbocycles. The Balaban J connectivity index is 1.87. The van der Waals surface area contributed by atoms with E-state index in [1.54, 1.807) is 24.3 Å². The number of carbonyl (C=O) groups excluding carboxylic acids is 3. The first kappa shape index (κ1) is 20.5. The summed E-state index contributed by atoms with van der Waals surface area (Å²) in [6.07, 6.45) is -9.78. The fourth-order valence-electron chi connectivity index (χ4n) is 2.07. The lowest BCUT2D eigenvalue weighted by Gasteiger charge is -2.21. The first-order chi connectivity index (χ1) is 12.7. The minimum absolute atomic E-state index is 0.0913. The molecule has 0 saturated carbocycles. The van der Waals surface area contributed by atoms with Crippen LogP contribution in [0.3, 0.4) is 0 Å². The number of hydrogen-bond acceptors (Lipinski definition) is 7. The monoisotopic (exact) mass is 391 g/mol. The summed E-state index contributed by atoms with van der Waals surface area (Å²) in [4.78, 5) is 38.3. The van der Waals surface area contributed by atoms with Gasteiger partial charge in [-0.25, -0.2) is 4.79 Å². The number of methoxy groups -OCH3 is 1. The van der Waals surface area contributed by atoms with Crippen molar-refractivity contribution >= 4 is 18.0 Å². The number of hydrogen-bond donors (Lipinski definition) is 0. The molecular formula is C16H16F3NO7. The SMILES string of the molecule is COc1ccc(COC[C@@H](OC(=O)ON2C(=O)CCC2=O)C(F)(F)F)cc1. The van der Waals surface area contributed by atoms with Crippen molar-refractivity contribution < 1.29 is 46.6 Å². The summed E-state index contributed by atoms with van der Waals surface area (Å²) in [7, 11) is 1.47. The van der Waals surface area contributed by atoms with E-state index in [0.717, 1.165) is 0 Å². The molecule has 1 heterocycles. The van der Waals surface area contributed by atoms with Gasteiger partial charge in [-0.05, 0) is 17.7 Å². The summed E-state index contributed by atoms with van der Waals surface area (Å²) < 4.78 is 53.1. The maximum absolute atomic E-state index is 13.0. The van der Waals surface area contributed by atoms with E-state index >= 15 is 0 Å². The van der Waals surface area contributed by atoms with Crippen molar-refractivity contribution in [2.24, 2.45) is 0 Å². The highest BCUT2D eigenvalue weighted by Gasteiger charge is 2.44. The molecule has 2 amide bonds. The van der Waals surface area contributed by atoms with Gasteiger partial charge in [0.2, 0.25) is 6.10 Å². The number of ether oxygens (including phenoxy) is 3. The highest BCUT2D eigenvalue weighted by Crippen LogP contribution is 2.25. The number of benzene rings is 1. The molecule has 148 valence electrons. The molecule has 0 aromatic heterocycles. The van der Waals surface area contributed by atoms with Gasteiger partial charge in [-0.3, -0.25) is 14.4 Å². The number of carbonyl (C=O) groups is 3. The lowest BCUT2D eigenvalue weighted by atomic mass is 10.2. The van der Waals surface area contributed by atoms with Gasteiger partial charge in [-0.1, -0.05) is 17.2 Å². The Bertz CT molecular complexity index is 674. The van der Waals surface area contributed by atoms with E-state index < -0.39 is 36.9 Å². The molecule has 0 aliphatic carbocycles. The number of nitrogens with zero attached hydrogens (tertiary/aromatic N) is 1. The molecule has 0 unspecified atom stereocenters. The largest absolute Gasteiger partial charge is 0.534 e. The van der Waals surface area contributed by atoms with Crippen LogP contribution in [0, 0.1) is 0 Å². The third-order valence-corrected chi connectivity index (χ3v) is 3.47. The second-order valence-electron chi connectivity index (χ2n) is 5.43. The molecule has 11 heteroatoms. The van der Waals surface area contributed by atoms with Gasteiger partial charge >= 0.3 is 12.3 Å². The Morgan fingerprint density at radius 3 is 2.26 bits per heavy atom. The van der Waals surface area contributed by atoms with Crippen molar-refractivity contribution in [2.75, 3.05) is 13.7 Å². The first-order valence-corrected chi connectivity index (χ1v) is 7.72. The van der Waals surface area contributed by atoms with E-state index in [9.17, 15) is 27.6 Å². The number of rotatable bonds is 7. The van der Waals surface area contributed by atoms with Crippen LogP contribution in [0.4, 0.5) is 18.0 Å². The second kappa shape index (κ2) is 8.71. The van der Waals surface area contributed by atoms with Gasteiger partial charge in [0.05, 0.1) is 20.3 Å². The average Bonchev–Trinajstić information content (AvgIpc) is 2.92. The van der Waals surface area contributed by atoms with E-state index in [0.29, 0.717) is 11.3 Å². The molecule has 0 N–H and O–H groups in total. The number of alkyl halides is 3. The standard InChI is InChI=1S/C16H16F3NO7/c1-24-11-4-2-10(3-5-11)8-25-9-12(16(17,18)19)26-15(23)27-20-13(21)6-7-14(20)22/h2-5,12H,6-9H2,1H3/t12-/m1/s1. The van der Waals surface area contributed by atoms with Gasteiger partial charge in [-0.15, -0.1) is 0 Å². The maximum atomic E-state index is 13.0. The topological polar surface area (TPSA) is 91.4 Å². The zero-order valence-electron chi connectivity index (χ0n) is 14.2. The van der Waals surface area contributed by atoms with Gasteiger partial charge in [0.1, 0.15) is 5.75 Å². The lowest BCUT2D eigenvalue weighted by molar-refractivity contribution is -0.231. The Hall–Kier alpha value is -2.82. The predicted octanol–water partition coefficient (Wildman–Crippen LogP) is 2.36. The highest BCUT2D eigenvalue weighted by atomic mass is 19.4. The number of imide groups is 1. The Morgan fingerprint density at radius 2 is 1.74 bits per heavy atom. The Labute approximate surface area is 151 Å². The van der Waals surface area contributed by atoms with Crippen LogP contribution in [0.15, 0.2) is 24.3 Å². The van der Waals surface area contributed by atoms with Crippen molar-refractivity contribution in [3.05, 3.63) is 29.8 Å². The van der Waals surface area contributed by atoms with Crippen molar-refractivity contribution in [3.8, 4) is 5.75 Å². The van der Waals surface area contributed by atoms with Crippen LogP contribution in [0.25, 0.3) is 0 Å². The smallest absolute Gasteiger partial charge is 0.497 e. The zero-order chi connectivity index (χ0) is 20.0. The fourth-order valence-corrected chi connectivity index (χ4v) is 2.07. The molecule has 0 radical (unpaired) electrons. The molecule has 8 nitrogen and oxygen atoms in total. The molecule has 2 rings (SSSR count). The quantitative estimate of drug-likeness (QED) is 0.521. The van der Waals surface area contributed by atoms with Crippen LogP contribution in [0.2, 0.25) is 0 Å². The van der Waals surface area contributed by atoms with Gasteiger partial charge in [-0.2, -0.15) is 13.2 Å². The third kappa shape index (κ3) is 5.84. The Kier molecular flexibility index (Phi) is 6.61. The van der Waals surface area contributed by atoms with E-state index in [2.05, 4.69) is 9.57 Å². The highest BCUT2D eigenvalue weighted by molar-refractivity contribution is 6.01. The van der Waals surface area contributed by atoms with Crippen molar-refractivity contribution in [1.82, 2.24) is 5.06 Å². The number of amides is 2. The van der Waals surface area contributed by atoms with Crippen LogP contribution >= 0.6 is 0 Å². The van der Waals surface area contributed by atoms with E-state index in [4.69, 9.17) is 9.47 Å². The summed E-state index contributed by atoms with van der Waals surface area (Å²) in [6, 6.07) is 6.41. The minimum atomic E-state index is -4.93. The Morgan fingerprint density at radius 1 is 1.15 bits per heavy atom. The number of hydroxylamine groups is 2. The molecule has 1 aromatic rings. The normalized spacial score (nSPS) is 15.6. The van der Waals surface area contributed by atoms with Crippen LogP contribution in [-0.4, -0.2) is 49.0 Å². The van der Waals surface area contributed by atoms with E-state index in [-0.39, 0.29) is 24.5 Å². The third-order valence-electron chi connectivity index (χ3n) is 3.47. The first-order valence-electron chi connectivity index (χ1n) is 7.72. The molecule has 1 aliphatic heterocycles. The summed E-state index contributed by atoms with van der Waals surface area (Å²) in [5.41, 5.74) is 0.576. The predicted molar refractivity (Wildman–Crippen MR) is 81.1 cm³/mol. The summed E-state index contributed by atoms with van der Waals surface area (Å²) in [5.74, 6) is -1.10. The molecule has 0 bridgehead atoms. The van der Waals surface area contributed by atoms with Crippen molar-refractivity contribution in [1.29, 1.82) is 0 Å². The van der Waals surface area contributed by atoms with Crippen LogP contribution in [0.5, 0.6) is 5.75 Å². The summed E-state index contributed by atoms with van der Waals surface area (Å²) >= 11 is 0. The lowest BCUT2D eigenvalue weighted by Crippen LogP contribution is -2.40. The van der Waals surface area contributed by atoms with E-state index in [1.165, 1.54) is 7.11 Å². The molecule has 27 heavy (non-hydrogen) atoms. The second-order valence-corrected chi connectivity index (χ2v) is 5.43. The number of halogens is 3. The van der Waals surface area contributed by atoms with Gasteiger partial charge < -0.3 is 14.2 Å². The zero-order valence-corrected chi connectivity index (χ0v) is 14.2. The van der Waals surface area contributed by atoms with E-state index in [1.807, 2.05) is 0 Å². The van der Waals surface area contributed by atoms with Gasteiger partial charge in [0.15, 0.2) is 0 Å². The van der Waals surface area contributed by atoms with Crippen molar-refractivity contribution in [2.45, 2.75) is 31.7 Å². The van der Waals surface area contributed by atoms with Gasteiger partial charge in [0, 0.05) is 12.8 Å². The molecule has 1 fully saturated rings. The molecular weight excluding hydrogens is 375 g/mol. The molecule has 1 aliphatic rings. The molecule has 1 atom stereocenters. The van der Waals surface area contributed by atoms with Crippen LogP contribution < -0.4 is 4.74 Å². The van der Waals surface area contributed by atoms with Crippen molar-refractivity contribution in [3.63, 3.8) is 0 Å². The minimum Gasteiger partial charge on any atom is -0.497 e. The summed E-state index contributed by atoms with van der Waals surface area (Å²) in [5, 5.41) is 0.0913. The molecule has 1 saturated heterocycles. The summed E-state index contributed by atoms with van der Waals surface area (Å²) in [6.45, 7) is -1.16. The maximum Gasteiger partial charge on any atom is 0.534 e. The van der Waals surface area contributed by atoms with Crippen LogP contribution in [0.1, 0.15) is 18.4 Å².